The summed E-state index contributed by atoms with van der Waals surface area (Å²) >= 11 is 12.2. The number of hydrogen-bond donors (Lipinski definition) is 1. The van der Waals surface area contributed by atoms with Gasteiger partial charge in [0.15, 0.2) is 0 Å². The van der Waals surface area contributed by atoms with Crippen LogP contribution in [0.25, 0.3) is 0 Å². The number of hydrogen-bond acceptors (Lipinski definition) is 3. The Morgan fingerprint density at radius 3 is 2.37 bits per heavy atom. The van der Waals surface area contributed by atoms with Gasteiger partial charge in [-0.05, 0) is 61.4 Å². The fraction of sp³-hybridized carbons (Fsp3) is 0.136. The van der Waals surface area contributed by atoms with E-state index in [-0.39, 0.29) is 4.90 Å². The maximum atomic E-state index is 13.4. The topological polar surface area (TPSA) is 66.5 Å². The van der Waals surface area contributed by atoms with Gasteiger partial charge in [-0.15, -0.1) is 0 Å². The summed E-state index contributed by atoms with van der Waals surface area (Å²) in [4.78, 5) is 12.9. The summed E-state index contributed by atoms with van der Waals surface area (Å²) < 4.78 is 27.8. The zero-order valence-corrected chi connectivity index (χ0v) is 18.7. The molecule has 0 aromatic heterocycles. The molecule has 0 aliphatic carbocycles. The zero-order chi connectivity index (χ0) is 21.9. The Labute approximate surface area is 186 Å². The largest absolute Gasteiger partial charge is 0.324 e. The SMILES string of the molecule is Cc1ccc(Cl)cc1N(CC(=O)Nc1cccc(Cl)c1C)S(=O)(=O)c1ccccc1. The van der Waals surface area contributed by atoms with Gasteiger partial charge in [-0.1, -0.05) is 53.5 Å². The molecule has 0 saturated carbocycles. The molecule has 0 saturated heterocycles. The number of carbonyl (C=O) groups excluding carboxylic acids is 1. The van der Waals surface area contributed by atoms with E-state index in [9.17, 15) is 13.2 Å². The van der Waals surface area contributed by atoms with Gasteiger partial charge in [0, 0.05) is 15.7 Å². The van der Waals surface area contributed by atoms with Gasteiger partial charge in [0.2, 0.25) is 5.91 Å². The van der Waals surface area contributed by atoms with Crippen molar-refractivity contribution in [2.45, 2.75) is 18.7 Å². The number of rotatable bonds is 6. The van der Waals surface area contributed by atoms with E-state index in [1.165, 1.54) is 18.2 Å². The van der Waals surface area contributed by atoms with Gasteiger partial charge in [-0.25, -0.2) is 8.42 Å². The van der Waals surface area contributed by atoms with Crippen LogP contribution in [0, 0.1) is 13.8 Å². The Morgan fingerprint density at radius 1 is 0.967 bits per heavy atom. The highest BCUT2D eigenvalue weighted by Crippen LogP contribution is 2.30. The van der Waals surface area contributed by atoms with E-state index in [0.717, 1.165) is 4.31 Å². The summed E-state index contributed by atoms with van der Waals surface area (Å²) in [7, 11) is -4.01. The minimum absolute atomic E-state index is 0.0797. The van der Waals surface area contributed by atoms with Gasteiger partial charge < -0.3 is 5.32 Å². The first-order valence-corrected chi connectivity index (χ1v) is 11.3. The molecule has 0 radical (unpaired) electrons. The smallest absolute Gasteiger partial charge is 0.264 e. The first kappa shape index (κ1) is 22.2. The highest BCUT2D eigenvalue weighted by atomic mass is 35.5. The number of sulfonamides is 1. The molecule has 30 heavy (non-hydrogen) atoms. The van der Waals surface area contributed by atoms with E-state index in [4.69, 9.17) is 23.2 Å². The van der Waals surface area contributed by atoms with Crippen molar-refractivity contribution in [3.63, 3.8) is 0 Å². The first-order valence-electron chi connectivity index (χ1n) is 9.09. The molecule has 156 valence electrons. The van der Waals surface area contributed by atoms with E-state index in [1.54, 1.807) is 62.4 Å². The van der Waals surface area contributed by atoms with Crippen LogP contribution in [0.15, 0.2) is 71.6 Å². The molecule has 0 spiro atoms. The van der Waals surface area contributed by atoms with Gasteiger partial charge in [0.1, 0.15) is 6.54 Å². The molecule has 3 aromatic rings. The second-order valence-corrected chi connectivity index (χ2v) is 9.42. The second-order valence-electron chi connectivity index (χ2n) is 6.72. The normalized spacial score (nSPS) is 11.2. The van der Waals surface area contributed by atoms with E-state index < -0.39 is 22.5 Å². The third kappa shape index (κ3) is 4.78. The molecule has 0 aliphatic heterocycles. The maximum absolute atomic E-state index is 13.4. The Morgan fingerprint density at radius 2 is 1.67 bits per heavy atom. The summed E-state index contributed by atoms with van der Waals surface area (Å²) in [6.07, 6.45) is 0. The minimum atomic E-state index is -4.01. The molecule has 0 unspecified atom stereocenters. The number of halogens is 2. The van der Waals surface area contributed by atoms with Crippen molar-refractivity contribution in [1.29, 1.82) is 0 Å². The molecule has 0 atom stereocenters. The molecule has 1 amide bonds. The van der Waals surface area contributed by atoms with Crippen LogP contribution in [0.3, 0.4) is 0 Å². The molecule has 3 rings (SSSR count). The molecule has 0 bridgehead atoms. The van der Waals surface area contributed by atoms with Crippen LogP contribution in [0.2, 0.25) is 10.0 Å². The van der Waals surface area contributed by atoms with Crippen molar-refractivity contribution >= 4 is 50.5 Å². The van der Waals surface area contributed by atoms with Crippen molar-refractivity contribution < 1.29 is 13.2 Å². The highest BCUT2D eigenvalue weighted by molar-refractivity contribution is 7.92. The summed E-state index contributed by atoms with van der Waals surface area (Å²) in [6, 6.07) is 18.0. The fourth-order valence-corrected chi connectivity index (χ4v) is 4.77. The summed E-state index contributed by atoms with van der Waals surface area (Å²) in [5, 5.41) is 3.62. The zero-order valence-electron chi connectivity index (χ0n) is 16.4. The molecule has 8 heteroatoms. The summed E-state index contributed by atoms with van der Waals surface area (Å²) in [5.74, 6) is -0.501. The number of benzene rings is 3. The van der Waals surface area contributed by atoms with E-state index in [0.29, 0.717) is 32.5 Å². The quantitative estimate of drug-likeness (QED) is 0.529. The van der Waals surface area contributed by atoms with Gasteiger partial charge in [0.05, 0.1) is 10.6 Å². The summed E-state index contributed by atoms with van der Waals surface area (Å²) in [5.41, 5.74) is 2.23. The average Bonchev–Trinajstić information content (AvgIpc) is 2.72. The molecule has 3 aromatic carbocycles. The van der Waals surface area contributed by atoms with Gasteiger partial charge in [0.25, 0.3) is 10.0 Å². The molecule has 0 fully saturated rings. The van der Waals surface area contributed by atoms with Crippen LogP contribution in [0.5, 0.6) is 0 Å². The Balaban J connectivity index is 2.01. The molecule has 5 nitrogen and oxygen atoms in total. The molecular formula is C22H20Cl2N2O3S. The van der Waals surface area contributed by atoms with Crippen LogP contribution < -0.4 is 9.62 Å². The van der Waals surface area contributed by atoms with Crippen LogP contribution in [0.4, 0.5) is 11.4 Å². The van der Waals surface area contributed by atoms with Crippen LogP contribution in [-0.2, 0) is 14.8 Å². The summed E-state index contributed by atoms with van der Waals surface area (Å²) in [6.45, 7) is 3.11. The lowest BCUT2D eigenvalue weighted by Crippen LogP contribution is -2.38. The fourth-order valence-electron chi connectivity index (χ4n) is 2.93. The van der Waals surface area contributed by atoms with Crippen LogP contribution in [0.1, 0.15) is 11.1 Å². The van der Waals surface area contributed by atoms with Gasteiger partial charge in [-0.3, -0.25) is 9.10 Å². The predicted molar refractivity (Wildman–Crippen MR) is 122 cm³/mol. The Kier molecular flexibility index (Phi) is 6.71. The Hall–Kier alpha value is -2.54. The standard InChI is InChI=1S/C22H20Cl2N2O3S/c1-15-11-12-17(23)13-21(15)26(30(28,29)18-7-4-3-5-8-18)14-22(27)25-20-10-6-9-19(24)16(20)2/h3-13H,14H2,1-2H3,(H,25,27). The second kappa shape index (κ2) is 9.08. The molecule has 0 aliphatic rings. The van der Waals surface area contributed by atoms with E-state index in [2.05, 4.69) is 5.32 Å². The highest BCUT2D eigenvalue weighted by Gasteiger charge is 2.28. The number of aryl methyl sites for hydroxylation is 1. The minimum Gasteiger partial charge on any atom is -0.324 e. The third-order valence-corrected chi connectivity index (χ3v) is 7.02. The van der Waals surface area contributed by atoms with Crippen molar-refractivity contribution in [1.82, 2.24) is 0 Å². The number of nitrogens with one attached hydrogen (secondary N) is 1. The van der Waals surface area contributed by atoms with Gasteiger partial charge >= 0.3 is 0 Å². The van der Waals surface area contributed by atoms with Gasteiger partial charge in [-0.2, -0.15) is 0 Å². The molecular weight excluding hydrogens is 443 g/mol. The van der Waals surface area contributed by atoms with Crippen molar-refractivity contribution in [3.05, 3.63) is 87.9 Å². The van der Waals surface area contributed by atoms with Crippen LogP contribution >= 0.6 is 23.2 Å². The monoisotopic (exact) mass is 462 g/mol. The van der Waals surface area contributed by atoms with E-state index in [1.807, 2.05) is 0 Å². The van der Waals surface area contributed by atoms with E-state index >= 15 is 0 Å². The van der Waals surface area contributed by atoms with Crippen LogP contribution in [-0.4, -0.2) is 20.9 Å². The number of amides is 1. The van der Waals surface area contributed by atoms with Crippen molar-refractivity contribution in [2.24, 2.45) is 0 Å². The predicted octanol–water partition coefficient (Wildman–Crippen LogP) is 5.44. The third-order valence-electron chi connectivity index (χ3n) is 4.60. The number of nitrogens with zero attached hydrogens (tertiary/aromatic N) is 1. The average molecular weight is 463 g/mol. The molecule has 0 heterocycles. The number of anilines is 2. The van der Waals surface area contributed by atoms with Crippen molar-refractivity contribution in [2.75, 3.05) is 16.2 Å². The lowest BCUT2D eigenvalue weighted by atomic mass is 10.2. The maximum Gasteiger partial charge on any atom is 0.264 e. The first-order chi connectivity index (χ1) is 14.2. The Bertz CT molecular complexity index is 1180. The molecule has 1 N–H and O–H groups in total. The lowest BCUT2D eigenvalue weighted by Gasteiger charge is -2.26. The lowest BCUT2D eigenvalue weighted by molar-refractivity contribution is -0.114. The van der Waals surface area contributed by atoms with Crippen molar-refractivity contribution in [3.8, 4) is 0 Å². The number of carbonyl (C=O) groups is 1.